The predicted molar refractivity (Wildman–Crippen MR) is 74.0 cm³/mol. The van der Waals surface area contributed by atoms with Gasteiger partial charge in [-0.15, -0.1) is 0 Å². The van der Waals surface area contributed by atoms with E-state index in [-0.39, 0.29) is 11.8 Å². The maximum Gasteiger partial charge on any atom is 0.245 e. The first-order valence-corrected chi connectivity index (χ1v) is 6.26. The van der Waals surface area contributed by atoms with Crippen LogP contribution in [0.2, 0.25) is 0 Å². The number of amides is 2. The quantitative estimate of drug-likeness (QED) is 0.872. The number of benzene rings is 1. The first kappa shape index (κ1) is 15.2. The summed E-state index contributed by atoms with van der Waals surface area (Å²) in [6.07, 6.45) is 0. The summed E-state index contributed by atoms with van der Waals surface area (Å²) < 4.78 is 0. The SMILES string of the molecule is [CH]C(=O)NC(C(=O)N(C)Cc1ccccc1)C(C)C. The minimum absolute atomic E-state index is 0.0155. The van der Waals surface area contributed by atoms with Gasteiger partial charge >= 0.3 is 0 Å². The van der Waals surface area contributed by atoms with Crippen LogP contribution in [-0.2, 0) is 16.1 Å². The van der Waals surface area contributed by atoms with Crippen molar-refractivity contribution < 1.29 is 9.59 Å². The van der Waals surface area contributed by atoms with Crippen molar-refractivity contribution in [2.45, 2.75) is 26.4 Å². The van der Waals surface area contributed by atoms with E-state index in [9.17, 15) is 9.59 Å². The summed E-state index contributed by atoms with van der Waals surface area (Å²) in [6, 6.07) is 9.10. The Morgan fingerprint density at radius 2 is 1.84 bits per heavy atom. The van der Waals surface area contributed by atoms with E-state index in [1.54, 1.807) is 11.9 Å². The third kappa shape index (κ3) is 4.73. The number of nitrogens with one attached hydrogen (secondary N) is 1. The summed E-state index contributed by atoms with van der Waals surface area (Å²) in [5.41, 5.74) is 1.04. The summed E-state index contributed by atoms with van der Waals surface area (Å²) in [5.74, 6) is -0.837. The van der Waals surface area contributed by atoms with Gasteiger partial charge in [0.25, 0.3) is 0 Å². The highest BCUT2D eigenvalue weighted by molar-refractivity contribution is 5.89. The maximum absolute atomic E-state index is 12.3. The molecule has 4 heteroatoms. The number of likely N-dealkylation sites (N-methyl/N-ethyl adjacent to an activating group) is 1. The third-order valence-electron chi connectivity index (χ3n) is 2.87. The molecule has 102 valence electrons. The Bertz CT molecular complexity index is 429. The number of rotatable bonds is 5. The van der Waals surface area contributed by atoms with Crippen LogP contribution < -0.4 is 5.32 Å². The maximum atomic E-state index is 12.3. The van der Waals surface area contributed by atoms with E-state index in [4.69, 9.17) is 6.92 Å². The third-order valence-corrected chi connectivity index (χ3v) is 2.87. The van der Waals surface area contributed by atoms with Crippen LogP contribution in [0.25, 0.3) is 0 Å². The lowest BCUT2D eigenvalue weighted by atomic mass is 10.0. The molecule has 0 heterocycles. The van der Waals surface area contributed by atoms with Crippen LogP contribution in [0.4, 0.5) is 0 Å². The van der Waals surface area contributed by atoms with Gasteiger partial charge in [0, 0.05) is 13.6 Å². The van der Waals surface area contributed by atoms with Crippen LogP contribution in [0.15, 0.2) is 30.3 Å². The highest BCUT2D eigenvalue weighted by atomic mass is 16.2. The fourth-order valence-electron chi connectivity index (χ4n) is 1.84. The van der Waals surface area contributed by atoms with Crippen molar-refractivity contribution in [3.05, 3.63) is 42.8 Å². The van der Waals surface area contributed by atoms with E-state index in [0.29, 0.717) is 6.54 Å². The van der Waals surface area contributed by atoms with Gasteiger partial charge in [-0.1, -0.05) is 44.2 Å². The molecule has 1 rings (SSSR count). The van der Waals surface area contributed by atoms with E-state index in [1.807, 2.05) is 44.2 Å². The molecular formula is C15H20N2O2. The molecule has 0 spiro atoms. The summed E-state index contributed by atoms with van der Waals surface area (Å²) in [6.45, 7) is 9.34. The van der Waals surface area contributed by atoms with Crippen molar-refractivity contribution in [1.82, 2.24) is 10.2 Å². The molecule has 2 amide bonds. The largest absolute Gasteiger partial charge is 0.344 e. The molecule has 1 N–H and O–H groups in total. The number of hydrogen-bond acceptors (Lipinski definition) is 2. The molecule has 1 aromatic rings. The number of carbonyl (C=O) groups excluding carboxylic acids is 2. The number of hydrogen-bond donors (Lipinski definition) is 1. The molecule has 0 saturated carbocycles. The Morgan fingerprint density at radius 3 is 2.32 bits per heavy atom. The van der Waals surface area contributed by atoms with Crippen LogP contribution in [0.3, 0.4) is 0 Å². The zero-order valence-electron chi connectivity index (χ0n) is 11.6. The van der Waals surface area contributed by atoms with E-state index in [0.717, 1.165) is 5.56 Å². The molecule has 1 aromatic carbocycles. The average Bonchev–Trinajstić information content (AvgIpc) is 2.35. The van der Waals surface area contributed by atoms with E-state index in [2.05, 4.69) is 5.32 Å². The minimum atomic E-state index is -0.680. The molecule has 0 aromatic heterocycles. The molecule has 0 aliphatic heterocycles. The first-order chi connectivity index (χ1) is 8.91. The van der Waals surface area contributed by atoms with Gasteiger partial charge in [-0.3, -0.25) is 9.59 Å². The lowest BCUT2D eigenvalue weighted by Gasteiger charge is -2.26. The standard InChI is InChI=1S/C15H20N2O2/c1-11(2)14(16-12(3)18)15(19)17(4)10-13-8-6-5-7-9-13/h3,5-9,11,14H,10H2,1-2,4H3,(H,16,18). The Balaban J connectivity index is 2.71. The zero-order valence-corrected chi connectivity index (χ0v) is 11.6. The van der Waals surface area contributed by atoms with E-state index < -0.39 is 11.9 Å². The number of carbonyl (C=O) groups is 2. The highest BCUT2D eigenvalue weighted by Gasteiger charge is 2.25. The van der Waals surface area contributed by atoms with Crippen LogP contribution >= 0.6 is 0 Å². The highest BCUT2D eigenvalue weighted by Crippen LogP contribution is 2.09. The van der Waals surface area contributed by atoms with Crippen molar-refractivity contribution >= 4 is 11.8 Å². The Morgan fingerprint density at radius 1 is 1.26 bits per heavy atom. The molecule has 2 radical (unpaired) electrons. The van der Waals surface area contributed by atoms with Gasteiger partial charge in [-0.05, 0) is 11.5 Å². The lowest BCUT2D eigenvalue weighted by molar-refractivity contribution is -0.136. The van der Waals surface area contributed by atoms with Crippen molar-refractivity contribution in [2.24, 2.45) is 5.92 Å². The lowest BCUT2D eigenvalue weighted by Crippen LogP contribution is -2.49. The second-order valence-electron chi connectivity index (χ2n) is 4.91. The fraction of sp³-hybridized carbons (Fsp3) is 0.400. The predicted octanol–water partition coefficient (Wildman–Crippen LogP) is 1.50. The molecular weight excluding hydrogens is 240 g/mol. The van der Waals surface area contributed by atoms with Gasteiger partial charge in [0.15, 0.2) is 0 Å². The Kier molecular flexibility index (Phi) is 5.55. The molecule has 1 unspecified atom stereocenters. The Labute approximate surface area is 114 Å². The summed E-state index contributed by atoms with van der Waals surface area (Å²) in [7, 11) is 1.72. The smallest absolute Gasteiger partial charge is 0.245 e. The minimum Gasteiger partial charge on any atom is -0.344 e. The fourth-order valence-corrected chi connectivity index (χ4v) is 1.84. The van der Waals surface area contributed by atoms with E-state index >= 15 is 0 Å². The summed E-state index contributed by atoms with van der Waals surface area (Å²) >= 11 is 0. The molecule has 4 nitrogen and oxygen atoms in total. The summed E-state index contributed by atoms with van der Waals surface area (Å²) in [4.78, 5) is 24.8. The van der Waals surface area contributed by atoms with Crippen molar-refractivity contribution in [3.8, 4) is 0 Å². The van der Waals surface area contributed by atoms with Gasteiger partial charge in [0.05, 0.1) is 6.92 Å². The summed E-state index contributed by atoms with van der Waals surface area (Å²) in [5, 5.41) is 2.49. The van der Waals surface area contributed by atoms with Crippen LogP contribution in [0, 0.1) is 12.8 Å². The first-order valence-electron chi connectivity index (χ1n) is 6.26. The Hall–Kier alpha value is -1.84. The monoisotopic (exact) mass is 260 g/mol. The van der Waals surface area contributed by atoms with Crippen LogP contribution in [0.5, 0.6) is 0 Å². The van der Waals surface area contributed by atoms with E-state index in [1.165, 1.54) is 0 Å². The molecule has 19 heavy (non-hydrogen) atoms. The molecule has 0 bridgehead atoms. The molecule has 0 aliphatic carbocycles. The van der Waals surface area contributed by atoms with Crippen molar-refractivity contribution in [2.75, 3.05) is 7.05 Å². The van der Waals surface area contributed by atoms with Gasteiger partial charge in [-0.25, -0.2) is 0 Å². The molecule has 1 atom stereocenters. The second kappa shape index (κ2) is 6.92. The average molecular weight is 260 g/mol. The van der Waals surface area contributed by atoms with Crippen LogP contribution in [-0.4, -0.2) is 29.8 Å². The molecule has 0 aliphatic rings. The topological polar surface area (TPSA) is 49.4 Å². The normalized spacial score (nSPS) is 12.1. The van der Waals surface area contributed by atoms with Gasteiger partial charge < -0.3 is 10.2 Å². The van der Waals surface area contributed by atoms with Crippen molar-refractivity contribution in [1.29, 1.82) is 0 Å². The number of nitrogens with zero attached hydrogens (tertiary/aromatic N) is 1. The molecule has 0 fully saturated rings. The van der Waals surface area contributed by atoms with Gasteiger partial charge in [0.1, 0.15) is 6.04 Å². The molecule has 0 saturated heterocycles. The van der Waals surface area contributed by atoms with Crippen molar-refractivity contribution in [3.63, 3.8) is 0 Å². The van der Waals surface area contributed by atoms with Gasteiger partial charge in [-0.2, -0.15) is 0 Å². The second-order valence-corrected chi connectivity index (χ2v) is 4.91. The van der Waals surface area contributed by atoms with Gasteiger partial charge in [0.2, 0.25) is 11.8 Å². The zero-order chi connectivity index (χ0) is 14.4. The van der Waals surface area contributed by atoms with Crippen LogP contribution in [0.1, 0.15) is 19.4 Å².